The minimum Gasteiger partial charge on any atom is -0.461 e. The molecule has 1 aromatic rings. The van der Waals surface area contributed by atoms with E-state index in [0.29, 0.717) is 18.0 Å². The Hall–Kier alpha value is -1.10. The van der Waals surface area contributed by atoms with Crippen molar-refractivity contribution in [2.45, 2.75) is 65.0 Å². The topological polar surface area (TPSA) is 51.1 Å². The van der Waals surface area contributed by atoms with E-state index in [1.807, 2.05) is 20.9 Å². The molecule has 6 heteroatoms. The Morgan fingerprint density at radius 3 is 2.43 bits per heavy atom. The van der Waals surface area contributed by atoms with Crippen molar-refractivity contribution >= 4 is 17.5 Å². The largest absolute Gasteiger partial charge is 0.461 e. The summed E-state index contributed by atoms with van der Waals surface area (Å²) in [7, 11) is 2.03. The molecule has 1 heterocycles. The normalized spacial score (nSPS) is 22.4. The van der Waals surface area contributed by atoms with Crippen LogP contribution in [-0.2, 0) is 0 Å². The van der Waals surface area contributed by atoms with E-state index in [9.17, 15) is 0 Å². The predicted molar refractivity (Wildman–Crippen MR) is 85.0 cm³/mol. The van der Waals surface area contributed by atoms with Crippen molar-refractivity contribution in [3.63, 3.8) is 0 Å². The van der Waals surface area contributed by atoms with E-state index >= 15 is 0 Å². The highest BCUT2D eigenvalue weighted by Crippen LogP contribution is 2.30. The van der Waals surface area contributed by atoms with E-state index in [4.69, 9.17) is 16.3 Å². The van der Waals surface area contributed by atoms with Crippen molar-refractivity contribution in [2.24, 2.45) is 5.92 Å². The van der Waals surface area contributed by atoms with E-state index in [1.165, 1.54) is 32.1 Å². The maximum absolute atomic E-state index is 5.99. The van der Waals surface area contributed by atoms with Gasteiger partial charge in [-0.05, 0) is 57.0 Å². The molecule has 1 aromatic heterocycles. The zero-order chi connectivity index (χ0) is 15.4. The molecule has 1 aliphatic rings. The maximum atomic E-state index is 5.99. The predicted octanol–water partition coefficient (Wildman–Crippen LogP) is 3.72. The average molecular weight is 313 g/mol. The summed E-state index contributed by atoms with van der Waals surface area (Å²) in [6.07, 6.45) is 6.21. The highest BCUT2D eigenvalue weighted by molar-refractivity contribution is 6.28. The molecule has 21 heavy (non-hydrogen) atoms. The number of anilines is 1. The second-order valence-corrected chi connectivity index (χ2v) is 6.39. The molecule has 0 N–H and O–H groups in total. The molecule has 1 saturated carbocycles. The third kappa shape index (κ3) is 4.43. The Balaban J connectivity index is 2.08. The summed E-state index contributed by atoms with van der Waals surface area (Å²) < 4.78 is 5.53. The summed E-state index contributed by atoms with van der Waals surface area (Å²) in [5.41, 5.74) is 0. The summed E-state index contributed by atoms with van der Waals surface area (Å²) in [6.45, 7) is 6.15. The fourth-order valence-electron chi connectivity index (χ4n) is 2.85. The van der Waals surface area contributed by atoms with E-state index < -0.39 is 0 Å². The summed E-state index contributed by atoms with van der Waals surface area (Å²) in [5, 5.41) is 0.185. The van der Waals surface area contributed by atoms with E-state index in [-0.39, 0.29) is 11.4 Å². The van der Waals surface area contributed by atoms with Crippen LogP contribution in [0.5, 0.6) is 6.01 Å². The molecule has 0 atom stereocenters. The van der Waals surface area contributed by atoms with Crippen LogP contribution < -0.4 is 9.64 Å². The summed E-state index contributed by atoms with van der Waals surface area (Å²) in [4.78, 5) is 14.8. The molecule has 0 saturated heterocycles. The molecular formula is C15H25ClN4O. The maximum Gasteiger partial charge on any atom is 0.322 e. The first-order chi connectivity index (χ1) is 9.99. The van der Waals surface area contributed by atoms with Crippen LogP contribution in [0.25, 0.3) is 0 Å². The van der Waals surface area contributed by atoms with Gasteiger partial charge in [0.05, 0.1) is 6.10 Å². The smallest absolute Gasteiger partial charge is 0.322 e. The molecule has 0 aromatic carbocycles. The van der Waals surface area contributed by atoms with Gasteiger partial charge in [-0.3, -0.25) is 0 Å². The van der Waals surface area contributed by atoms with E-state index in [1.54, 1.807) is 0 Å². The third-order valence-corrected chi connectivity index (χ3v) is 4.34. The Labute approximate surface area is 132 Å². The van der Waals surface area contributed by atoms with Crippen LogP contribution in [0.1, 0.15) is 52.9 Å². The second kappa shape index (κ2) is 7.25. The molecule has 1 fully saturated rings. The van der Waals surface area contributed by atoms with Crippen molar-refractivity contribution in [1.82, 2.24) is 15.0 Å². The first-order valence-corrected chi connectivity index (χ1v) is 8.18. The Kier molecular flexibility index (Phi) is 5.62. The van der Waals surface area contributed by atoms with Crippen molar-refractivity contribution in [1.29, 1.82) is 0 Å². The van der Waals surface area contributed by atoms with Crippen LogP contribution in [-0.4, -0.2) is 34.1 Å². The van der Waals surface area contributed by atoms with Crippen LogP contribution in [0.3, 0.4) is 0 Å². The van der Waals surface area contributed by atoms with Gasteiger partial charge in [0.15, 0.2) is 0 Å². The zero-order valence-corrected chi connectivity index (χ0v) is 14.1. The van der Waals surface area contributed by atoms with Crippen molar-refractivity contribution < 1.29 is 4.74 Å². The molecule has 5 nitrogen and oxygen atoms in total. The van der Waals surface area contributed by atoms with Crippen molar-refractivity contribution in [3.05, 3.63) is 5.28 Å². The fraction of sp³-hybridized carbons (Fsp3) is 0.800. The van der Waals surface area contributed by atoms with Crippen molar-refractivity contribution in [2.75, 3.05) is 11.9 Å². The lowest BCUT2D eigenvalue weighted by Gasteiger charge is -2.34. The third-order valence-electron chi connectivity index (χ3n) is 4.17. The Bertz CT molecular complexity index is 461. The molecule has 1 aliphatic carbocycles. The molecule has 0 unspecified atom stereocenters. The number of halogens is 1. The lowest BCUT2D eigenvalue weighted by molar-refractivity contribution is 0.221. The SMILES string of the molecule is CCC1CCC(N(C)c2nc(Cl)nc(OC(C)C)n2)CC1. The highest BCUT2D eigenvalue weighted by Gasteiger charge is 2.25. The van der Waals surface area contributed by atoms with Gasteiger partial charge in [0.1, 0.15) is 0 Å². The lowest BCUT2D eigenvalue weighted by atomic mass is 9.84. The van der Waals surface area contributed by atoms with Gasteiger partial charge in [-0.15, -0.1) is 0 Å². The first kappa shape index (κ1) is 16.3. The van der Waals surface area contributed by atoms with Gasteiger partial charge in [-0.1, -0.05) is 13.3 Å². The van der Waals surface area contributed by atoms with Gasteiger partial charge in [0.2, 0.25) is 11.2 Å². The fourth-order valence-corrected chi connectivity index (χ4v) is 2.99. The van der Waals surface area contributed by atoms with Crippen LogP contribution in [0.15, 0.2) is 0 Å². The number of hydrogen-bond acceptors (Lipinski definition) is 5. The summed E-state index contributed by atoms with van der Waals surface area (Å²) in [5.74, 6) is 1.47. The number of aromatic nitrogens is 3. The monoisotopic (exact) mass is 312 g/mol. The van der Waals surface area contributed by atoms with Crippen LogP contribution in [0.4, 0.5) is 5.95 Å². The molecule has 2 rings (SSSR count). The number of ether oxygens (including phenoxy) is 1. The Morgan fingerprint density at radius 1 is 1.19 bits per heavy atom. The highest BCUT2D eigenvalue weighted by atomic mass is 35.5. The standard InChI is InChI=1S/C15H25ClN4O/c1-5-11-6-8-12(9-7-11)20(4)14-17-13(16)18-15(19-14)21-10(2)3/h10-12H,5-9H2,1-4H3. The minimum atomic E-state index is 0.0154. The van der Waals surface area contributed by atoms with Gasteiger partial charge < -0.3 is 9.64 Å². The average Bonchev–Trinajstić information content (AvgIpc) is 2.45. The molecular weight excluding hydrogens is 288 g/mol. The second-order valence-electron chi connectivity index (χ2n) is 6.05. The Morgan fingerprint density at radius 2 is 1.86 bits per heavy atom. The number of rotatable bonds is 5. The van der Waals surface area contributed by atoms with E-state index in [2.05, 4.69) is 26.8 Å². The van der Waals surface area contributed by atoms with Gasteiger partial charge >= 0.3 is 6.01 Å². The molecule has 0 radical (unpaired) electrons. The summed E-state index contributed by atoms with van der Waals surface area (Å²) >= 11 is 5.99. The van der Waals surface area contributed by atoms with Gasteiger partial charge in [-0.25, -0.2) is 0 Å². The number of nitrogens with zero attached hydrogens (tertiary/aromatic N) is 4. The summed E-state index contributed by atoms with van der Waals surface area (Å²) in [6, 6.07) is 0.771. The van der Waals surface area contributed by atoms with E-state index in [0.717, 1.165) is 5.92 Å². The minimum absolute atomic E-state index is 0.0154. The lowest BCUT2D eigenvalue weighted by Crippen LogP contribution is -2.36. The van der Waals surface area contributed by atoms with Crippen LogP contribution in [0.2, 0.25) is 5.28 Å². The molecule has 0 spiro atoms. The zero-order valence-electron chi connectivity index (χ0n) is 13.3. The molecule has 0 aliphatic heterocycles. The van der Waals surface area contributed by atoms with Crippen LogP contribution in [0, 0.1) is 5.92 Å². The van der Waals surface area contributed by atoms with Gasteiger partial charge in [0.25, 0.3) is 0 Å². The van der Waals surface area contributed by atoms with Crippen LogP contribution >= 0.6 is 11.6 Å². The molecule has 0 bridgehead atoms. The molecule has 0 amide bonds. The first-order valence-electron chi connectivity index (χ1n) is 7.80. The molecule has 118 valence electrons. The van der Waals surface area contributed by atoms with Gasteiger partial charge in [-0.2, -0.15) is 15.0 Å². The van der Waals surface area contributed by atoms with Crippen molar-refractivity contribution in [3.8, 4) is 6.01 Å². The number of hydrogen-bond donors (Lipinski definition) is 0. The quantitative estimate of drug-likeness (QED) is 0.829. The van der Waals surface area contributed by atoms with Gasteiger partial charge in [0, 0.05) is 13.1 Å².